The quantitative estimate of drug-likeness (QED) is 0.218. The second kappa shape index (κ2) is 11.6. The Labute approximate surface area is 181 Å². The minimum atomic E-state index is -0.165. The van der Waals surface area contributed by atoms with Crippen molar-refractivity contribution in [3.05, 3.63) is 65.9 Å². The number of nitrogens with zero attached hydrogens (tertiary/aromatic N) is 4. The topological polar surface area (TPSA) is 66.6 Å². The number of nitrogens with one attached hydrogen (secondary N) is 2. The minimum Gasteiger partial charge on any atom is -0.357 e. The van der Waals surface area contributed by atoms with Crippen LogP contribution in [0.5, 0.6) is 0 Å². The van der Waals surface area contributed by atoms with Gasteiger partial charge in [-0.25, -0.2) is 4.39 Å². The number of rotatable bonds is 8. The van der Waals surface area contributed by atoms with Crippen molar-refractivity contribution in [2.75, 3.05) is 19.6 Å². The molecule has 28 heavy (non-hydrogen) atoms. The van der Waals surface area contributed by atoms with Crippen LogP contribution >= 0.6 is 24.0 Å². The molecule has 6 nitrogen and oxygen atoms in total. The van der Waals surface area contributed by atoms with E-state index in [9.17, 15) is 4.39 Å². The van der Waals surface area contributed by atoms with Crippen molar-refractivity contribution >= 4 is 35.6 Å². The zero-order chi connectivity index (χ0) is 18.9. The molecule has 0 fully saturated rings. The first-order valence-electron chi connectivity index (χ1n) is 9.32. The van der Waals surface area contributed by atoms with Gasteiger partial charge < -0.3 is 10.6 Å². The lowest BCUT2D eigenvalue weighted by molar-refractivity contribution is 0.606. The predicted octanol–water partition coefficient (Wildman–Crippen LogP) is 3.22. The maximum atomic E-state index is 13.7. The van der Waals surface area contributed by atoms with Crippen LogP contribution in [0, 0.1) is 5.82 Å². The van der Waals surface area contributed by atoms with E-state index in [1.807, 2.05) is 47.9 Å². The summed E-state index contributed by atoms with van der Waals surface area (Å²) < 4.78 is 15.7. The van der Waals surface area contributed by atoms with Crippen LogP contribution in [-0.4, -0.2) is 40.2 Å². The molecule has 2 heterocycles. The molecule has 0 saturated carbocycles. The average Bonchev–Trinajstić information content (AvgIpc) is 3.10. The molecule has 1 aromatic carbocycles. The van der Waals surface area contributed by atoms with Crippen molar-refractivity contribution in [1.29, 1.82) is 0 Å². The van der Waals surface area contributed by atoms with Crippen LogP contribution in [0.3, 0.4) is 0 Å². The molecule has 0 aliphatic carbocycles. The van der Waals surface area contributed by atoms with Crippen molar-refractivity contribution in [3.8, 4) is 0 Å². The van der Waals surface area contributed by atoms with Gasteiger partial charge in [-0.1, -0.05) is 24.3 Å². The Balaban J connectivity index is 0.00000280. The van der Waals surface area contributed by atoms with Crippen molar-refractivity contribution in [2.24, 2.45) is 4.99 Å². The number of aliphatic imine (C=N–C) groups is 1. The van der Waals surface area contributed by atoms with Crippen molar-refractivity contribution in [3.63, 3.8) is 0 Å². The molecule has 0 saturated heterocycles. The number of hydrogen-bond donors (Lipinski definition) is 2. The minimum absolute atomic E-state index is 0. The van der Waals surface area contributed by atoms with Crippen LogP contribution < -0.4 is 10.6 Å². The summed E-state index contributed by atoms with van der Waals surface area (Å²) in [4.78, 5) is 4.59. The third-order valence-corrected chi connectivity index (χ3v) is 4.20. The molecular formula is C20H26FIN6. The average molecular weight is 496 g/mol. The first-order valence-corrected chi connectivity index (χ1v) is 9.32. The fourth-order valence-electron chi connectivity index (χ4n) is 2.85. The van der Waals surface area contributed by atoms with Gasteiger partial charge in [0.15, 0.2) is 11.6 Å². The highest BCUT2D eigenvalue weighted by Gasteiger charge is 2.04. The monoisotopic (exact) mass is 496 g/mol. The van der Waals surface area contributed by atoms with Gasteiger partial charge in [0.2, 0.25) is 0 Å². The molecule has 3 rings (SSSR count). The van der Waals surface area contributed by atoms with E-state index in [1.54, 1.807) is 6.07 Å². The molecule has 0 amide bonds. The van der Waals surface area contributed by atoms with Crippen molar-refractivity contribution in [1.82, 2.24) is 25.2 Å². The molecule has 0 bridgehead atoms. The molecule has 2 N–H and O–H groups in total. The van der Waals surface area contributed by atoms with E-state index in [4.69, 9.17) is 0 Å². The number of benzene rings is 1. The summed E-state index contributed by atoms with van der Waals surface area (Å²) in [5.74, 6) is 1.53. The molecule has 0 atom stereocenters. The molecule has 0 unspecified atom stereocenters. The molecule has 0 aliphatic rings. The van der Waals surface area contributed by atoms with E-state index in [0.29, 0.717) is 25.1 Å². The lowest BCUT2D eigenvalue weighted by Crippen LogP contribution is -2.38. The Morgan fingerprint density at radius 2 is 1.89 bits per heavy atom. The molecular weight excluding hydrogens is 470 g/mol. The number of pyridine rings is 1. The summed E-state index contributed by atoms with van der Waals surface area (Å²) in [5, 5.41) is 14.9. The summed E-state index contributed by atoms with van der Waals surface area (Å²) >= 11 is 0. The maximum absolute atomic E-state index is 13.7. The molecule has 0 aliphatic heterocycles. The highest BCUT2D eigenvalue weighted by atomic mass is 127. The zero-order valence-electron chi connectivity index (χ0n) is 15.9. The smallest absolute Gasteiger partial charge is 0.191 e. The van der Waals surface area contributed by atoms with E-state index >= 15 is 0 Å². The maximum Gasteiger partial charge on any atom is 0.191 e. The largest absolute Gasteiger partial charge is 0.357 e. The Kier molecular flexibility index (Phi) is 9.12. The summed E-state index contributed by atoms with van der Waals surface area (Å²) in [6, 6.07) is 12.7. The first kappa shape index (κ1) is 22.1. The normalized spacial score (nSPS) is 11.3. The zero-order valence-corrected chi connectivity index (χ0v) is 18.3. The van der Waals surface area contributed by atoms with Gasteiger partial charge >= 0.3 is 0 Å². The lowest BCUT2D eigenvalue weighted by Gasteiger charge is -2.11. The number of aryl methyl sites for hydroxylation is 1. The number of guanidine groups is 1. The number of aromatic nitrogens is 3. The van der Waals surface area contributed by atoms with Gasteiger partial charge in [-0.05, 0) is 43.5 Å². The van der Waals surface area contributed by atoms with Crippen LogP contribution in [0.25, 0.3) is 5.65 Å². The van der Waals surface area contributed by atoms with E-state index in [1.165, 1.54) is 6.07 Å². The highest BCUT2D eigenvalue weighted by molar-refractivity contribution is 14.0. The van der Waals surface area contributed by atoms with Gasteiger partial charge in [-0.15, -0.1) is 34.2 Å². The SMILES string of the molecule is CCNC(=NCCCc1nnc2ccccn12)NCCc1ccccc1F.I. The van der Waals surface area contributed by atoms with Crippen LogP contribution in [0.15, 0.2) is 53.7 Å². The van der Waals surface area contributed by atoms with E-state index in [-0.39, 0.29) is 29.8 Å². The number of fused-ring (bicyclic) bond motifs is 1. The number of hydrogen-bond acceptors (Lipinski definition) is 3. The second-order valence-corrected chi connectivity index (χ2v) is 6.18. The van der Waals surface area contributed by atoms with Gasteiger partial charge in [-0.3, -0.25) is 9.39 Å². The first-order chi connectivity index (χ1) is 13.3. The van der Waals surface area contributed by atoms with E-state index in [2.05, 4.69) is 25.8 Å². The van der Waals surface area contributed by atoms with Crippen LogP contribution in [-0.2, 0) is 12.8 Å². The standard InChI is InChI=1S/C20H25FN6.HI/c1-2-22-20(24-14-12-16-8-3-4-9-17(16)21)23-13-7-11-19-26-25-18-10-5-6-15-27(18)19;/h3-6,8-10,15H,2,7,11-14H2,1H3,(H2,22,23,24);1H. The Bertz CT molecular complexity index is 895. The van der Waals surface area contributed by atoms with Gasteiger partial charge in [0.1, 0.15) is 11.6 Å². The van der Waals surface area contributed by atoms with E-state index < -0.39 is 0 Å². The van der Waals surface area contributed by atoms with E-state index in [0.717, 1.165) is 36.8 Å². The molecule has 3 aromatic rings. The van der Waals surface area contributed by atoms with Crippen LogP contribution in [0.1, 0.15) is 24.7 Å². The third-order valence-electron chi connectivity index (χ3n) is 4.20. The predicted molar refractivity (Wildman–Crippen MR) is 121 cm³/mol. The Morgan fingerprint density at radius 3 is 2.71 bits per heavy atom. The molecule has 8 heteroatoms. The summed E-state index contributed by atoms with van der Waals surface area (Å²) in [6.07, 6.45) is 4.27. The summed E-state index contributed by atoms with van der Waals surface area (Å²) in [6.45, 7) is 4.11. The Morgan fingerprint density at radius 1 is 1.07 bits per heavy atom. The summed E-state index contributed by atoms with van der Waals surface area (Å²) in [7, 11) is 0. The fourth-order valence-corrected chi connectivity index (χ4v) is 2.85. The summed E-state index contributed by atoms with van der Waals surface area (Å²) in [5.41, 5.74) is 1.57. The van der Waals surface area contributed by atoms with Crippen molar-refractivity contribution in [2.45, 2.75) is 26.2 Å². The van der Waals surface area contributed by atoms with Gasteiger partial charge in [0, 0.05) is 32.3 Å². The third kappa shape index (κ3) is 6.15. The molecule has 0 radical (unpaired) electrons. The number of halogens is 2. The van der Waals surface area contributed by atoms with Gasteiger partial charge in [0.25, 0.3) is 0 Å². The van der Waals surface area contributed by atoms with Crippen LogP contribution in [0.4, 0.5) is 4.39 Å². The Hall–Kier alpha value is -2.23. The van der Waals surface area contributed by atoms with Gasteiger partial charge in [-0.2, -0.15) is 0 Å². The highest BCUT2D eigenvalue weighted by Crippen LogP contribution is 2.06. The molecule has 150 valence electrons. The van der Waals surface area contributed by atoms with Gasteiger partial charge in [0.05, 0.1) is 0 Å². The fraction of sp³-hybridized carbons (Fsp3) is 0.350. The van der Waals surface area contributed by atoms with Crippen LogP contribution in [0.2, 0.25) is 0 Å². The van der Waals surface area contributed by atoms with Crippen molar-refractivity contribution < 1.29 is 4.39 Å². The molecule has 2 aromatic heterocycles. The molecule has 0 spiro atoms. The lowest BCUT2D eigenvalue weighted by atomic mass is 10.1. The second-order valence-electron chi connectivity index (χ2n) is 6.18.